The molecule has 0 amide bonds. The van der Waals surface area contributed by atoms with Crippen molar-refractivity contribution in [3.05, 3.63) is 42.8 Å². The molecule has 1 aromatic rings. The van der Waals surface area contributed by atoms with Crippen molar-refractivity contribution in [3.8, 4) is 0 Å². The lowest BCUT2D eigenvalue weighted by atomic mass is 10.1. The molecule has 0 aliphatic carbocycles. The van der Waals surface area contributed by atoms with E-state index in [1.54, 1.807) is 7.11 Å². The third-order valence-electron chi connectivity index (χ3n) is 1.72. The second-order valence-electron chi connectivity index (χ2n) is 2.42. The summed E-state index contributed by atoms with van der Waals surface area (Å²) in [5.74, 6) is 0. The zero-order valence-corrected chi connectivity index (χ0v) is 6.79. The lowest BCUT2D eigenvalue weighted by molar-refractivity contribution is 0.105. The maximum atomic E-state index is 5.22. The lowest BCUT2D eigenvalue weighted by Gasteiger charge is -2.12. The fraction of sp³-hybridized carbons (Fsp3) is 0.300. The van der Waals surface area contributed by atoms with Crippen LogP contribution < -0.4 is 0 Å². The topological polar surface area (TPSA) is 9.23 Å². The van der Waals surface area contributed by atoms with Gasteiger partial charge >= 0.3 is 0 Å². The molecule has 0 heterocycles. The van der Waals surface area contributed by atoms with Crippen LogP contribution in [0.5, 0.6) is 0 Å². The van der Waals surface area contributed by atoms with Gasteiger partial charge in [-0.05, 0) is 12.0 Å². The van der Waals surface area contributed by atoms with E-state index in [1.165, 1.54) is 5.56 Å². The molecule has 0 aliphatic rings. The molecule has 1 aromatic carbocycles. The van der Waals surface area contributed by atoms with E-state index in [1.807, 2.05) is 18.2 Å². The third-order valence-corrected chi connectivity index (χ3v) is 1.72. The van der Waals surface area contributed by atoms with Crippen molar-refractivity contribution in [2.45, 2.75) is 12.5 Å². The molecular weight excluding hydrogens is 136 g/mol. The van der Waals surface area contributed by atoms with E-state index in [2.05, 4.69) is 19.1 Å². The number of benzene rings is 1. The molecule has 0 fully saturated rings. The zero-order chi connectivity index (χ0) is 8.10. The van der Waals surface area contributed by atoms with Gasteiger partial charge in [0, 0.05) is 7.11 Å². The summed E-state index contributed by atoms with van der Waals surface area (Å²) >= 11 is 0. The van der Waals surface area contributed by atoms with E-state index in [4.69, 9.17) is 4.74 Å². The van der Waals surface area contributed by atoms with E-state index in [0.717, 1.165) is 6.42 Å². The highest BCUT2D eigenvalue weighted by molar-refractivity contribution is 5.17. The van der Waals surface area contributed by atoms with Crippen LogP contribution in [0, 0.1) is 6.92 Å². The van der Waals surface area contributed by atoms with E-state index < -0.39 is 0 Å². The van der Waals surface area contributed by atoms with Gasteiger partial charge in [0.05, 0.1) is 6.10 Å². The molecule has 1 nitrogen and oxygen atoms in total. The highest BCUT2D eigenvalue weighted by atomic mass is 16.5. The summed E-state index contributed by atoms with van der Waals surface area (Å²) < 4.78 is 5.22. The minimum Gasteiger partial charge on any atom is -0.377 e. The van der Waals surface area contributed by atoms with Crippen molar-refractivity contribution in [2.75, 3.05) is 7.11 Å². The highest BCUT2D eigenvalue weighted by Gasteiger charge is 2.04. The molecule has 11 heavy (non-hydrogen) atoms. The molecule has 0 N–H and O–H groups in total. The number of hydrogen-bond donors (Lipinski definition) is 0. The molecule has 0 bridgehead atoms. The first-order valence-corrected chi connectivity index (χ1v) is 3.75. The third kappa shape index (κ3) is 2.05. The van der Waals surface area contributed by atoms with E-state index in [9.17, 15) is 0 Å². The normalized spacial score (nSPS) is 12.9. The van der Waals surface area contributed by atoms with Crippen LogP contribution in [0.4, 0.5) is 0 Å². The standard InChI is InChI=1S/C10H13O/c1-3-10(11-2)9-7-5-4-6-8-9/h4-8,10H,1,3H2,2H3. The predicted octanol–water partition coefficient (Wildman–Crippen LogP) is 2.60. The lowest BCUT2D eigenvalue weighted by Crippen LogP contribution is -1.98. The van der Waals surface area contributed by atoms with Gasteiger partial charge in [-0.3, -0.25) is 0 Å². The minimum absolute atomic E-state index is 0.149. The van der Waals surface area contributed by atoms with Crippen molar-refractivity contribution in [3.63, 3.8) is 0 Å². The largest absolute Gasteiger partial charge is 0.377 e. The van der Waals surface area contributed by atoms with E-state index in [0.29, 0.717) is 0 Å². The average Bonchev–Trinajstić information content (AvgIpc) is 2.09. The van der Waals surface area contributed by atoms with Crippen molar-refractivity contribution in [1.29, 1.82) is 0 Å². The Balaban J connectivity index is 2.74. The van der Waals surface area contributed by atoms with Gasteiger partial charge in [0.2, 0.25) is 0 Å². The summed E-state index contributed by atoms with van der Waals surface area (Å²) in [5.41, 5.74) is 1.20. The second kappa shape index (κ2) is 4.14. The highest BCUT2D eigenvalue weighted by Crippen LogP contribution is 2.18. The van der Waals surface area contributed by atoms with Gasteiger partial charge < -0.3 is 4.74 Å². The maximum absolute atomic E-state index is 5.22. The Kier molecular flexibility index (Phi) is 3.12. The fourth-order valence-corrected chi connectivity index (χ4v) is 1.09. The number of methoxy groups -OCH3 is 1. The SMILES string of the molecule is [CH2]CC(OC)c1ccccc1. The van der Waals surface area contributed by atoms with Gasteiger partial charge in [-0.1, -0.05) is 37.3 Å². The Bertz CT molecular complexity index is 189. The number of rotatable bonds is 3. The second-order valence-corrected chi connectivity index (χ2v) is 2.42. The van der Waals surface area contributed by atoms with Crippen LogP contribution in [0.1, 0.15) is 18.1 Å². The molecule has 1 unspecified atom stereocenters. The van der Waals surface area contributed by atoms with Crippen LogP contribution >= 0.6 is 0 Å². The van der Waals surface area contributed by atoms with Gasteiger partial charge in [0.1, 0.15) is 0 Å². The van der Waals surface area contributed by atoms with Gasteiger partial charge in [-0.2, -0.15) is 0 Å². The zero-order valence-electron chi connectivity index (χ0n) is 6.79. The molecule has 0 aliphatic heterocycles. The summed E-state index contributed by atoms with van der Waals surface area (Å²) in [4.78, 5) is 0. The Morgan fingerprint density at radius 1 is 1.36 bits per heavy atom. The summed E-state index contributed by atoms with van der Waals surface area (Å²) in [6, 6.07) is 10.1. The van der Waals surface area contributed by atoms with Gasteiger partial charge in [0.25, 0.3) is 0 Å². The molecule has 0 saturated carbocycles. The number of hydrogen-bond acceptors (Lipinski definition) is 1. The van der Waals surface area contributed by atoms with Crippen LogP contribution in [0.3, 0.4) is 0 Å². The Labute approximate surface area is 68.0 Å². The molecule has 1 radical (unpaired) electrons. The van der Waals surface area contributed by atoms with Crippen LogP contribution in [-0.4, -0.2) is 7.11 Å². The van der Waals surface area contributed by atoms with Crippen molar-refractivity contribution >= 4 is 0 Å². The van der Waals surface area contributed by atoms with E-state index >= 15 is 0 Å². The smallest absolute Gasteiger partial charge is 0.0821 e. The molecule has 0 aromatic heterocycles. The fourth-order valence-electron chi connectivity index (χ4n) is 1.09. The average molecular weight is 149 g/mol. The minimum atomic E-state index is 0.149. The molecule has 1 atom stereocenters. The van der Waals surface area contributed by atoms with Gasteiger partial charge in [-0.15, -0.1) is 0 Å². The Morgan fingerprint density at radius 3 is 2.45 bits per heavy atom. The molecule has 0 saturated heterocycles. The summed E-state index contributed by atoms with van der Waals surface area (Å²) in [6.07, 6.45) is 0.928. The Morgan fingerprint density at radius 2 is 2.00 bits per heavy atom. The van der Waals surface area contributed by atoms with E-state index in [-0.39, 0.29) is 6.10 Å². The quantitative estimate of drug-likeness (QED) is 0.641. The van der Waals surface area contributed by atoms with Crippen molar-refractivity contribution in [1.82, 2.24) is 0 Å². The first kappa shape index (κ1) is 8.28. The number of ether oxygens (including phenoxy) is 1. The Hall–Kier alpha value is -0.820. The summed E-state index contributed by atoms with van der Waals surface area (Å²) in [5, 5.41) is 0. The van der Waals surface area contributed by atoms with Gasteiger partial charge in [-0.25, -0.2) is 0 Å². The van der Waals surface area contributed by atoms with Crippen LogP contribution in [0.15, 0.2) is 30.3 Å². The monoisotopic (exact) mass is 149 g/mol. The summed E-state index contributed by atoms with van der Waals surface area (Å²) in [7, 11) is 1.71. The molecule has 59 valence electrons. The van der Waals surface area contributed by atoms with Crippen LogP contribution in [0.25, 0.3) is 0 Å². The predicted molar refractivity (Wildman–Crippen MR) is 46.2 cm³/mol. The van der Waals surface area contributed by atoms with Gasteiger partial charge in [0.15, 0.2) is 0 Å². The molecule has 1 heteroatoms. The van der Waals surface area contributed by atoms with Crippen LogP contribution in [-0.2, 0) is 4.74 Å². The molecular formula is C10H13O. The first-order valence-electron chi connectivity index (χ1n) is 3.75. The first-order chi connectivity index (χ1) is 5.38. The summed E-state index contributed by atoms with van der Waals surface area (Å²) in [6.45, 7) is 3.81. The molecule has 1 rings (SSSR count). The maximum Gasteiger partial charge on any atom is 0.0821 e. The molecule has 0 spiro atoms. The van der Waals surface area contributed by atoms with Crippen molar-refractivity contribution < 1.29 is 4.74 Å². The van der Waals surface area contributed by atoms with Crippen molar-refractivity contribution in [2.24, 2.45) is 0 Å². The van der Waals surface area contributed by atoms with Crippen LogP contribution in [0.2, 0.25) is 0 Å².